The summed E-state index contributed by atoms with van der Waals surface area (Å²) in [4.78, 5) is 29.9. The zero-order valence-electron chi connectivity index (χ0n) is 21.2. The molecule has 12 heteroatoms. The number of carbonyl (C=O) groups is 2. The Morgan fingerprint density at radius 3 is 2.31 bits per heavy atom. The number of benzene rings is 2. The quantitative estimate of drug-likeness (QED) is 0.349. The molecule has 0 atom stereocenters. The van der Waals surface area contributed by atoms with Crippen molar-refractivity contribution >= 4 is 53.8 Å². The Morgan fingerprint density at radius 1 is 0.949 bits per heavy atom. The van der Waals surface area contributed by atoms with Crippen LogP contribution in [-0.2, 0) is 23.8 Å². The largest absolute Gasteiger partial charge is 0.418 e. The van der Waals surface area contributed by atoms with Crippen LogP contribution in [-0.4, -0.2) is 43.0 Å². The lowest BCUT2D eigenvalue weighted by Gasteiger charge is -2.31. The van der Waals surface area contributed by atoms with Gasteiger partial charge in [0.15, 0.2) is 0 Å². The van der Waals surface area contributed by atoms with E-state index in [9.17, 15) is 22.8 Å². The molecule has 0 bridgehead atoms. The standard InChI is InChI=1S/C27H28F3N5O2.2ClH/c1-18(36)33-25-10-7-20(17-32-25)6-5-19-3-2-4-21(15-19)26(37)34-22-8-9-24(23(16-22)27(28,29)30)35-13-11-31-12-14-35;;/h2-4,7-10,15-17,31H,5-6,11-14H2,1H3,(H,34,37)(H,32,33,36);2*1H. The highest BCUT2D eigenvalue weighted by Gasteiger charge is 2.35. The van der Waals surface area contributed by atoms with Crippen molar-refractivity contribution in [1.82, 2.24) is 10.3 Å². The molecule has 3 N–H and O–H groups in total. The average Bonchev–Trinajstić information content (AvgIpc) is 2.88. The van der Waals surface area contributed by atoms with Crippen LogP contribution in [0, 0.1) is 0 Å². The molecule has 1 aliphatic heterocycles. The number of nitrogens with one attached hydrogen (secondary N) is 3. The summed E-state index contributed by atoms with van der Waals surface area (Å²) in [6, 6.07) is 14.5. The molecule has 2 heterocycles. The molecule has 1 saturated heterocycles. The third kappa shape index (κ3) is 8.84. The number of aromatic nitrogens is 1. The Kier molecular flexibility index (Phi) is 11.6. The van der Waals surface area contributed by atoms with Gasteiger partial charge in [-0.25, -0.2) is 4.98 Å². The number of pyridine rings is 1. The molecule has 7 nitrogen and oxygen atoms in total. The molecule has 0 radical (unpaired) electrons. The first-order chi connectivity index (χ1) is 17.7. The van der Waals surface area contributed by atoms with Gasteiger partial charge in [-0.05, 0) is 60.4 Å². The fourth-order valence-electron chi connectivity index (χ4n) is 4.21. The molecule has 210 valence electrons. The van der Waals surface area contributed by atoms with Gasteiger partial charge in [-0.2, -0.15) is 13.2 Å². The fourth-order valence-corrected chi connectivity index (χ4v) is 4.21. The van der Waals surface area contributed by atoms with Crippen molar-refractivity contribution in [2.45, 2.75) is 25.9 Å². The number of halogens is 5. The van der Waals surface area contributed by atoms with E-state index in [1.165, 1.54) is 19.1 Å². The van der Waals surface area contributed by atoms with Crippen LogP contribution in [0.25, 0.3) is 0 Å². The van der Waals surface area contributed by atoms with Gasteiger partial charge in [0.05, 0.1) is 5.56 Å². The number of hydrogen-bond donors (Lipinski definition) is 3. The third-order valence-corrected chi connectivity index (χ3v) is 6.04. The molecule has 0 aliphatic carbocycles. The minimum Gasteiger partial charge on any atom is -0.368 e. The summed E-state index contributed by atoms with van der Waals surface area (Å²) in [5, 5.41) is 8.36. The molecule has 4 rings (SSSR count). The minimum atomic E-state index is -4.55. The Bertz CT molecular complexity index is 1270. The summed E-state index contributed by atoms with van der Waals surface area (Å²) in [5.74, 6) is -0.198. The van der Waals surface area contributed by atoms with Crippen molar-refractivity contribution in [2.24, 2.45) is 0 Å². The van der Waals surface area contributed by atoms with Crippen LogP contribution in [0.1, 0.15) is 34.0 Å². The van der Waals surface area contributed by atoms with E-state index in [1.807, 2.05) is 12.1 Å². The second-order valence-electron chi connectivity index (χ2n) is 8.85. The lowest BCUT2D eigenvalue weighted by Crippen LogP contribution is -2.44. The molecular formula is C27H30Cl2F3N5O2. The summed E-state index contributed by atoms with van der Waals surface area (Å²) < 4.78 is 41.5. The lowest BCUT2D eigenvalue weighted by atomic mass is 10.0. The van der Waals surface area contributed by atoms with E-state index in [0.29, 0.717) is 50.4 Å². The van der Waals surface area contributed by atoms with Crippen LogP contribution in [0.3, 0.4) is 0 Å². The zero-order chi connectivity index (χ0) is 26.4. The second-order valence-corrected chi connectivity index (χ2v) is 8.85. The van der Waals surface area contributed by atoms with Gasteiger partial charge in [0, 0.05) is 56.2 Å². The monoisotopic (exact) mass is 583 g/mol. The highest BCUT2D eigenvalue weighted by molar-refractivity contribution is 6.04. The molecule has 1 aromatic heterocycles. The summed E-state index contributed by atoms with van der Waals surface area (Å²) in [6.07, 6.45) is -1.55. The Balaban J connectivity index is 0.00000267. The first kappa shape index (κ1) is 31.9. The Morgan fingerprint density at radius 2 is 1.67 bits per heavy atom. The number of rotatable bonds is 7. The summed E-state index contributed by atoms with van der Waals surface area (Å²) in [6.45, 7) is 3.61. The summed E-state index contributed by atoms with van der Waals surface area (Å²) in [5.41, 5.74) is 1.67. The molecule has 39 heavy (non-hydrogen) atoms. The highest BCUT2D eigenvalue weighted by atomic mass is 35.5. The summed E-state index contributed by atoms with van der Waals surface area (Å²) in [7, 11) is 0. The van der Waals surface area contributed by atoms with Crippen LogP contribution < -0.4 is 20.9 Å². The van der Waals surface area contributed by atoms with Gasteiger partial charge < -0.3 is 20.9 Å². The van der Waals surface area contributed by atoms with Crippen molar-refractivity contribution in [3.63, 3.8) is 0 Å². The molecule has 0 saturated carbocycles. The first-order valence-corrected chi connectivity index (χ1v) is 12.0. The Labute approximate surface area is 237 Å². The van der Waals surface area contributed by atoms with Crippen molar-refractivity contribution in [2.75, 3.05) is 41.7 Å². The van der Waals surface area contributed by atoms with Crippen LogP contribution in [0.15, 0.2) is 60.8 Å². The first-order valence-electron chi connectivity index (χ1n) is 12.0. The molecule has 1 aliphatic rings. The predicted octanol–water partition coefficient (Wildman–Crippen LogP) is 5.35. The maximum absolute atomic E-state index is 13.8. The van der Waals surface area contributed by atoms with E-state index in [1.54, 1.807) is 35.4 Å². The van der Waals surface area contributed by atoms with Crippen molar-refractivity contribution in [1.29, 1.82) is 0 Å². The van der Waals surface area contributed by atoms with E-state index >= 15 is 0 Å². The maximum Gasteiger partial charge on any atom is 0.418 e. The van der Waals surface area contributed by atoms with E-state index in [0.717, 1.165) is 17.2 Å². The molecule has 0 spiro atoms. The Hall–Kier alpha value is -3.34. The lowest BCUT2D eigenvalue weighted by molar-refractivity contribution is -0.137. The van der Waals surface area contributed by atoms with Gasteiger partial charge in [0.2, 0.25) is 5.91 Å². The SMILES string of the molecule is CC(=O)Nc1ccc(CCc2cccc(C(=O)Nc3ccc(N4CCNCC4)c(C(F)(F)F)c3)c2)cn1.Cl.Cl. The normalized spacial score (nSPS) is 13.1. The molecule has 2 amide bonds. The van der Waals surface area contributed by atoms with Crippen LogP contribution in [0.5, 0.6) is 0 Å². The number of anilines is 3. The topological polar surface area (TPSA) is 86.4 Å². The fraction of sp³-hybridized carbons (Fsp3) is 0.296. The van der Waals surface area contributed by atoms with Crippen LogP contribution in [0.4, 0.5) is 30.4 Å². The average molecular weight is 584 g/mol. The van der Waals surface area contributed by atoms with E-state index in [-0.39, 0.29) is 42.1 Å². The maximum atomic E-state index is 13.8. The smallest absolute Gasteiger partial charge is 0.368 e. The van der Waals surface area contributed by atoms with Gasteiger partial charge in [0.1, 0.15) is 5.82 Å². The minimum absolute atomic E-state index is 0. The van der Waals surface area contributed by atoms with Crippen LogP contribution >= 0.6 is 24.8 Å². The summed E-state index contributed by atoms with van der Waals surface area (Å²) >= 11 is 0. The van der Waals surface area contributed by atoms with Crippen molar-refractivity contribution in [3.05, 3.63) is 83.0 Å². The number of nitrogens with zero attached hydrogens (tertiary/aromatic N) is 2. The van der Waals surface area contributed by atoms with E-state index in [4.69, 9.17) is 0 Å². The number of alkyl halides is 3. The second kappa shape index (κ2) is 14.2. The highest BCUT2D eigenvalue weighted by Crippen LogP contribution is 2.38. The van der Waals surface area contributed by atoms with Crippen LogP contribution in [0.2, 0.25) is 0 Å². The van der Waals surface area contributed by atoms with Gasteiger partial charge in [-0.1, -0.05) is 18.2 Å². The zero-order valence-corrected chi connectivity index (χ0v) is 22.8. The predicted molar refractivity (Wildman–Crippen MR) is 151 cm³/mol. The molecule has 1 fully saturated rings. The van der Waals surface area contributed by atoms with Gasteiger partial charge in [0.25, 0.3) is 5.91 Å². The van der Waals surface area contributed by atoms with Crippen molar-refractivity contribution < 1.29 is 22.8 Å². The third-order valence-electron chi connectivity index (χ3n) is 6.04. The number of amides is 2. The number of aryl methyl sites for hydroxylation is 2. The van der Waals surface area contributed by atoms with E-state index < -0.39 is 17.6 Å². The molecule has 3 aromatic rings. The molecule has 0 unspecified atom stereocenters. The van der Waals surface area contributed by atoms with Gasteiger partial charge in [-0.3, -0.25) is 9.59 Å². The number of hydrogen-bond acceptors (Lipinski definition) is 5. The molecular weight excluding hydrogens is 554 g/mol. The van der Waals surface area contributed by atoms with Gasteiger partial charge in [-0.15, -0.1) is 24.8 Å². The number of piperazine rings is 1. The molecule has 2 aromatic carbocycles. The number of carbonyl (C=O) groups excluding carboxylic acids is 2. The van der Waals surface area contributed by atoms with Gasteiger partial charge >= 0.3 is 6.18 Å². The van der Waals surface area contributed by atoms with Crippen molar-refractivity contribution in [3.8, 4) is 0 Å². The van der Waals surface area contributed by atoms with E-state index in [2.05, 4.69) is 20.9 Å².